The van der Waals surface area contributed by atoms with Crippen LogP contribution in [-0.4, -0.2) is 37.2 Å². The van der Waals surface area contributed by atoms with Crippen LogP contribution in [0.5, 0.6) is 0 Å². The van der Waals surface area contributed by atoms with Gasteiger partial charge in [0, 0.05) is 12.0 Å². The number of alkyl carbamates (subject to hydrolysis) is 1. The summed E-state index contributed by atoms with van der Waals surface area (Å²) in [5, 5.41) is 3.13. The predicted molar refractivity (Wildman–Crippen MR) is 115 cm³/mol. The van der Waals surface area contributed by atoms with Gasteiger partial charge in [-0.15, -0.1) is 0 Å². The number of carbonyl (C=O) groups is 1. The van der Waals surface area contributed by atoms with Gasteiger partial charge in [-0.25, -0.2) is 4.79 Å². The molecule has 0 bridgehead atoms. The molecule has 4 atom stereocenters. The molecule has 29 heavy (non-hydrogen) atoms. The summed E-state index contributed by atoms with van der Waals surface area (Å²) in [6.45, 7) is 6.01. The maximum atomic E-state index is 12.1. The van der Waals surface area contributed by atoms with E-state index in [-0.39, 0.29) is 17.6 Å². The molecule has 4 heteroatoms. The monoisotopic (exact) mass is 396 g/mol. The zero-order chi connectivity index (χ0) is 19.8. The highest BCUT2D eigenvalue weighted by molar-refractivity contribution is 5.68. The molecule has 4 aliphatic rings. The topological polar surface area (TPSA) is 41.6 Å². The fraction of sp³-hybridized carbons (Fsp3) is 0.720. The van der Waals surface area contributed by atoms with Gasteiger partial charge in [0.15, 0.2) is 0 Å². The lowest BCUT2D eigenvalue weighted by molar-refractivity contribution is -0.00329. The van der Waals surface area contributed by atoms with Gasteiger partial charge in [-0.2, -0.15) is 0 Å². The number of nitrogens with one attached hydrogen (secondary N) is 1. The number of amides is 1. The molecule has 1 aliphatic heterocycles. The number of rotatable bonds is 4. The summed E-state index contributed by atoms with van der Waals surface area (Å²) in [7, 11) is 0. The number of benzene rings is 1. The molecular formula is C25H36N2O2. The molecule has 1 aromatic rings. The lowest BCUT2D eigenvalue weighted by atomic mass is 9.58. The smallest absolute Gasteiger partial charge is 0.407 e. The third-order valence-corrected chi connectivity index (χ3v) is 8.55. The molecule has 1 spiro atoms. The van der Waals surface area contributed by atoms with Crippen molar-refractivity contribution in [3.8, 4) is 0 Å². The Morgan fingerprint density at radius 2 is 2.00 bits per heavy atom. The Kier molecular flexibility index (Phi) is 5.32. The van der Waals surface area contributed by atoms with E-state index in [4.69, 9.17) is 4.74 Å². The first-order valence-corrected chi connectivity index (χ1v) is 11.9. The van der Waals surface area contributed by atoms with Crippen molar-refractivity contribution in [2.24, 2.45) is 17.8 Å². The number of hydrogen-bond donors (Lipinski definition) is 1. The Morgan fingerprint density at radius 1 is 1.21 bits per heavy atom. The largest absolute Gasteiger partial charge is 0.450 e. The van der Waals surface area contributed by atoms with Crippen LogP contribution in [-0.2, 0) is 10.2 Å². The van der Waals surface area contributed by atoms with Crippen molar-refractivity contribution in [2.75, 3.05) is 26.2 Å². The summed E-state index contributed by atoms with van der Waals surface area (Å²) in [6, 6.07) is 8.86. The molecule has 1 heterocycles. The average molecular weight is 397 g/mol. The summed E-state index contributed by atoms with van der Waals surface area (Å²) in [5.74, 6) is 3.05. The van der Waals surface area contributed by atoms with Gasteiger partial charge in [0.05, 0.1) is 12.6 Å². The molecule has 0 aromatic heterocycles. The van der Waals surface area contributed by atoms with Crippen molar-refractivity contribution in [2.45, 2.75) is 69.7 Å². The van der Waals surface area contributed by atoms with Gasteiger partial charge in [0.2, 0.25) is 0 Å². The number of ether oxygens (including phenoxy) is 1. The molecule has 0 radical (unpaired) electrons. The molecule has 1 N–H and O–H groups in total. The third kappa shape index (κ3) is 3.58. The van der Waals surface area contributed by atoms with E-state index in [0.29, 0.717) is 6.61 Å². The van der Waals surface area contributed by atoms with E-state index in [0.717, 1.165) is 24.2 Å². The zero-order valence-electron chi connectivity index (χ0n) is 17.9. The standard InChI is InChI=1S/C25H36N2O2/c1-2-29-24(28)26-23-16-25(22-10-6-5-9-21(22)23)11-13-27(14-12-25)17-19-15-18-7-3-4-8-20(18)19/h5-6,9-10,18-20,23H,2-4,7-8,11-17H2,1H3,(H,26,28)/t18?,19-,20+,23-/m1/s1. The summed E-state index contributed by atoms with van der Waals surface area (Å²) in [5.41, 5.74) is 3.00. The van der Waals surface area contributed by atoms with Crippen molar-refractivity contribution in [1.82, 2.24) is 10.2 Å². The molecule has 1 aromatic carbocycles. The van der Waals surface area contributed by atoms with Gasteiger partial charge in [0.1, 0.15) is 0 Å². The molecular weight excluding hydrogens is 360 g/mol. The maximum Gasteiger partial charge on any atom is 0.407 e. The molecule has 3 fully saturated rings. The lowest BCUT2D eigenvalue weighted by Crippen LogP contribution is -2.49. The summed E-state index contributed by atoms with van der Waals surface area (Å²) < 4.78 is 5.16. The van der Waals surface area contributed by atoms with Crippen molar-refractivity contribution in [1.29, 1.82) is 0 Å². The molecule has 2 saturated carbocycles. The fourth-order valence-electron chi connectivity index (χ4n) is 7.03. The van der Waals surface area contributed by atoms with Gasteiger partial charge >= 0.3 is 6.09 Å². The van der Waals surface area contributed by atoms with Crippen LogP contribution in [0.25, 0.3) is 0 Å². The SMILES string of the molecule is CCOC(=O)N[C@@H]1CC2(CCN(C[C@H]3CC4CCCC[C@@H]43)CC2)c2ccccc21. The van der Waals surface area contributed by atoms with Gasteiger partial charge < -0.3 is 15.0 Å². The van der Waals surface area contributed by atoms with Crippen molar-refractivity contribution in [3.63, 3.8) is 0 Å². The quantitative estimate of drug-likeness (QED) is 0.775. The van der Waals surface area contributed by atoms with E-state index >= 15 is 0 Å². The van der Waals surface area contributed by atoms with E-state index in [1.54, 1.807) is 0 Å². The highest BCUT2D eigenvalue weighted by Gasteiger charge is 2.47. The Labute approximate surface area is 175 Å². The normalized spacial score (nSPS) is 32.9. The number of carbonyl (C=O) groups excluding carboxylic acids is 1. The van der Waals surface area contributed by atoms with Crippen LogP contribution >= 0.6 is 0 Å². The molecule has 4 nitrogen and oxygen atoms in total. The Balaban J connectivity index is 1.22. The molecule has 1 saturated heterocycles. The van der Waals surface area contributed by atoms with Crippen LogP contribution in [0.3, 0.4) is 0 Å². The second kappa shape index (κ2) is 7.94. The van der Waals surface area contributed by atoms with Crippen LogP contribution in [0.1, 0.15) is 75.5 Å². The Hall–Kier alpha value is -1.55. The van der Waals surface area contributed by atoms with Crippen LogP contribution in [0.4, 0.5) is 4.79 Å². The number of fused-ring (bicyclic) bond motifs is 3. The van der Waals surface area contributed by atoms with E-state index in [1.807, 2.05) is 6.92 Å². The Morgan fingerprint density at radius 3 is 2.79 bits per heavy atom. The zero-order valence-corrected chi connectivity index (χ0v) is 17.9. The minimum absolute atomic E-state index is 0.0893. The van der Waals surface area contributed by atoms with Crippen LogP contribution in [0.2, 0.25) is 0 Å². The first kappa shape index (κ1) is 19.4. The highest BCUT2D eigenvalue weighted by atomic mass is 16.5. The van der Waals surface area contributed by atoms with E-state index < -0.39 is 0 Å². The Bertz CT molecular complexity index is 740. The number of nitrogens with zero attached hydrogens (tertiary/aromatic N) is 1. The van der Waals surface area contributed by atoms with Gasteiger partial charge in [-0.1, -0.05) is 43.5 Å². The van der Waals surface area contributed by atoms with Crippen molar-refractivity contribution < 1.29 is 9.53 Å². The molecule has 1 unspecified atom stereocenters. The third-order valence-electron chi connectivity index (χ3n) is 8.55. The molecule has 158 valence electrons. The predicted octanol–water partition coefficient (Wildman–Crippen LogP) is 5.04. The van der Waals surface area contributed by atoms with Crippen molar-refractivity contribution in [3.05, 3.63) is 35.4 Å². The lowest BCUT2D eigenvalue weighted by Gasteiger charge is -2.51. The summed E-state index contributed by atoms with van der Waals surface area (Å²) >= 11 is 0. The summed E-state index contributed by atoms with van der Waals surface area (Å²) in [6.07, 6.45) is 10.6. The van der Waals surface area contributed by atoms with Crippen LogP contribution in [0.15, 0.2) is 24.3 Å². The van der Waals surface area contributed by atoms with Gasteiger partial charge in [-0.05, 0) is 81.0 Å². The van der Waals surface area contributed by atoms with E-state index in [9.17, 15) is 4.79 Å². The number of hydrogen-bond acceptors (Lipinski definition) is 3. The fourth-order valence-corrected chi connectivity index (χ4v) is 7.03. The van der Waals surface area contributed by atoms with E-state index in [2.05, 4.69) is 34.5 Å². The highest BCUT2D eigenvalue weighted by Crippen LogP contribution is 2.52. The number of likely N-dealkylation sites (tertiary alicyclic amines) is 1. The maximum absolute atomic E-state index is 12.1. The molecule has 3 aliphatic carbocycles. The minimum atomic E-state index is -0.284. The van der Waals surface area contributed by atoms with Crippen molar-refractivity contribution >= 4 is 6.09 Å². The molecule has 5 rings (SSSR count). The summed E-state index contributed by atoms with van der Waals surface area (Å²) in [4.78, 5) is 14.8. The van der Waals surface area contributed by atoms with E-state index in [1.165, 1.54) is 75.7 Å². The second-order valence-electron chi connectivity index (χ2n) is 9.99. The van der Waals surface area contributed by atoms with Gasteiger partial charge in [0.25, 0.3) is 0 Å². The minimum Gasteiger partial charge on any atom is -0.450 e. The first-order chi connectivity index (χ1) is 14.2. The van der Waals surface area contributed by atoms with Crippen LogP contribution in [0, 0.1) is 17.8 Å². The average Bonchev–Trinajstić information content (AvgIpc) is 3.01. The van der Waals surface area contributed by atoms with Gasteiger partial charge in [-0.3, -0.25) is 0 Å². The first-order valence-electron chi connectivity index (χ1n) is 11.9. The van der Waals surface area contributed by atoms with Crippen LogP contribution < -0.4 is 5.32 Å². The molecule has 1 amide bonds. The number of piperidine rings is 1. The second-order valence-corrected chi connectivity index (χ2v) is 9.99.